The van der Waals surface area contributed by atoms with Crippen LogP contribution >= 0.6 is 0 Å². The number of nitrogens with zero attached hydrogens (tertiary/aromatic N) is 2. The largest absolute Gasteiger partial charge is 0.497 e. The van der Waals surface area contributed by atoms with Gasteiger partial charge in [0.2, 0.25) is 5.91 Å². The summed E-state index contributed by atoms with van der Waals surface area (Å²) in [6.45, 7) is -0.0896. The van der Waals surface area contributed by atoms with Crippen molar-refractivity contribution in [2.45, 2.75) is 0 Å². The number of amides is 2. The molecule has 0 unspecified atom stereocenters. The second-order valence-corrected chi connectivity index (χ2v) is 4.48. The first-order chi connectivity index (χ1) is 11.1. The van der Waals surface area contributed by atoms with Crippen LogP contribution in [0.3, 0.4) is 0 Å². The van der Waals surface area contributed by atoms with Gasteiger partial charge in [-0.15, -0.1) is 0 Å². The van der Waals surface area contributed by atoms with Crippen LogP contribution in [0.4, 0.5) is 11.4 Å². The van der Waals surface area contributed by atoms with E-state index >= 15 is 0 Å². The van der Waals surface area contributed by atoms with Crippen LogP contribution in [0, 0.1) is 0 Å². The van der Waals surface area contributed by atoms with Gasteiger partial charge in [-0.2, -0.15) is 10.2 Å². The minimum Gasteiger partial charge on any atom is -0.497 e. The number of rotatable bonds is 6. The Bertz CT molecular complexity index is 691. The Morgan fingerprint density at radius 1 is 1.09 bits per heavy atom. The third-order valence-corrected chi connectivity index (χ3v) is 2.87. The number of hydrogen-bond donors (Lipinski definition) is 2. The predicted octanol–water partition coefficient (Wildman–Crippen LogP) is 1.32. The number of anilines is 2. The fourth-order valence-electron chi connectivity index (χ4n) is 1.80. The van der Waals surface area contributed by atoms with Crippen molar-refractivity contribution in [2.75, 3.05) is 31.5 Å². The topological polar surface area (TPSA) is 102 Å². The third-order valence-electron chi connectivity index (χ3n) is 2.87. The Hall–Kier alpha value is -3.00. The zero-order valence-electron chi connectivity index (χ0n) is 12.7. The molecule has 0 radical (unpaired) electrons. The van der Waals surface area contributed by atoms with Crippen molar-refractivity contribution in [3.05, 3.63) is 42.2 Å². The van der Waals surface area contributed by atoms with Crippen molar-refractivity contribution in [3.8, 4) is 5.75 Å². The van der Waals surface area contributed by atoms with Gasteiger partial charge in [0.05, 0.1) is 36.4 Å². The molecule has 2 aromatic rings. The molecule has 1 aromatic carbocycles. The lowest BCUT2D eigenvalue weighted by molar-refractivity contribution is -0.119. The molecule has 0 saturated carbocycles. The average molecular weight is 316 g/mol. The van der Waals surface area contributed by atoms with Gasteiger partial charge in [0, 0.05) is 13.2 Å². The van der Waals surface area contributed by atoms with Gasteiger partial charge in [-0.3, -0.25) is 9.59 Å². The molecule has 0 spiro atoms. The lowest BCUT2D eigenvalue weighted by Gasteiger charge is -2.13. The van der Waals surface area contributed by atoms with E-state index in [4.69, 9.17) is 9.47 Å². The van der Waals surface area contributed by atoms with Crippen LogP contribution in [0.25, 0.3) is 0 Å². The normalized spacial score (nSPS) is 10.0. The molecular weight excluding hydrogens is 300 g/mol. The van der Waals surface area contributed by atoms with E-state index in [9.17, 15) is 9.59 Å². The Morgan fingerprint density at radius 3 is 2.57 bits per heavy atom. The van der Waals surface area contributed by atoms with E-state index < -0.39 is 0 Å². The molecule has 1 aromatic heterocycles. The fraction of sp³-hybridized carbons (Fsp3) is 0.200. The summed E-state index contributed by atoms with van der Waals surface area (Å²) in [7, 11) is 2.93. The van der Waals surface area contributed by atoms with Crippen LogP contribution in [-0.2, 0) is 9.53 Å². The predicted molar refractivity (Wildman–Crippen MR) is 83.5 cm³/mol. The second kappa shape index (κ2) is 7.85. The number of aromatic nitrogens is 2. The van der Waals surface area contributed by atoms with Crippen molar-refractivity contribution in [1.82, 2.24) is 10.2 Å². The van der Waals surface area contributed by atoms with Gasteiger partial charge in [-0.25, -0.2) is 0 Å². The average Bonchev–Trinajstić information content (AvgIpc) is 2.57. The summed E-state index contributed by atoms with van der Waals surface area (Å²) in [5, 5.41) is 12.6. The summed E-state index contributed by atoms with van der Waals surface area (Å²) in [6, 6.07) is 6.44. The number of nitrogens with one attached hydrogen (secondary N) is 2. The Morgan fingerprint density at radius 2 is 1.91 bits per heavy atom. The van der Waals surface area contributed by atoms with Crippen LogP contribution in [0.1, 0.15) is 10.4 Å². The molecule has 2 rings (SSSR count). The summed E-state index contributed by atoms with van der Waals surface area (Å²) in [5.41, 5.74) is 1.18. The first kappa shape index (κ1) is 16.4. The molecule has 0 atom stereocenters. The molecule has 2 N–H and O–H groups in total. The van der Waals surface area contributed by atoms with Gasteiger partial charge in [0.25, 0.3) is 5.91 Å². The van der Waals surface area contributed by atoms with Crippen LogP contribution < -0.4 is 15.4 Å². The maximum Gasteiger partial charge on any atom is 0.257 e. The number of hydrogen-bond acceptors (Lipinski definition) is 6. The Labute approximate surface area is 132 Å². The van der Waals surface area contributed by atoms with Crippen molar-refractivity contribution in [2.24, 2.45) is 0 Å². The summed E-state index contributed by atoms with van der Waals surface area (Å²) in [6.07, 6.45) is 2.76. The highest BCUT2D eigenvalue weighted by atomic mass is 16.5. The molecular formula is C15H16N4O4. The fourth-order valence-corrected chi connectivity index (χ4v) is 1.80. The Balaban J connectivity index is 2.24. The van der Waals surface area contributed by atoms with Gasteiger partial charge in [-0.05, 0) is 18.2 Å². The molecule has 0 aliphatic heterocycles. The summed E-state index contributed by atoms with van der Waals surface area (Å²) >= 11 is 0. The van der Waals surface area contributed by atoms with E-state index in [1.54, 1.807) is 18.2 Å². The van der Waals surface area contributed by atoms with Crippen molar-refractivity contribution in [1.29, 1.82) is 0 Å². The van der Waals surface area contributed by atoms with Gasteiger partial charge < -0.3 is 20.1 Å². The van der Waals surface area contributed by atoms with Crippen LogP contribution in [0.15, 0.2) is 36.7 Å². The molecule has 0 aliphatic carbocycles. The van der Waals surface area contributed by atoms with E-state index in [-0.39, 0.29) is 18.4 Å². The standard InChI is InChI=1S/C15H16N4O4/c1-22-9-14(20)18-12-4-3-11(23-2)7-13(12)19-15(21)10-5-6-16-17-8-10/h3-8H,9H2,1-2H3,(H,18,20)(H,19,21). The van der Waals surface area contributed by atoms with E-state index in [0.29, 0.717) is 22.7 Å². The number of methoxy groups -OCH3 is 2. The third kappa shape index (κ3) is 4.48. The van der Waals surface area contributed by atoms with Crippen molar-refractivity contribution in [3.63, 3.8) is 0 Å². The van der Waals surface area contributed by atoms with E-state index in [2.05, 4.69) is 20.8 Å². The van der Waals surface area contributed by atoms with Gasteiger partial charge in [0.15, 0.2) is 0 Å². The van der Waals surface area contributed by atoms with Gasteiger partial charge in [0.1, 0.15) is 12.4 Å². The maximum absolute atomic E-state index is 12.2. The van der Waals surface area contributed by atoms with E-state index in [1.165, 1.54) is 32.7 Å². The molecule has 1 heterocycles. The van der Waals surface area contributed by atoms with Gasteiger partial charge in [-0.1, -0.05) is 0 Å². The quantitative estimate of drug-likeness (QED) is 0.833. The molecule has 8 nitrogen and oxygen atoms in total. The highest BCUT2D eigenvalue weighted by Gasteiger charge is 2.12. The minimum atomic E-state index is -0.379. The van der Waals surface area contributed by atoms with E-state index in [0.717, 1.165) is 0 Å². The highest BCUT2D eigenvalue weighted by molar-refractivity contribution is 6.07. The lowest BCUT2D eigenvalue weighted by atomic mass is 10.2. The number of ether oxygens (including phenoxy) is 2. The molecule has 0 bridgehead atoms. The monoisotopic (exact) mass is 316 g/mol. The lowest BCUT2D eigenvalue weighted by Crippen LogP contribution is -2.19. The second-order valence-electron chi connectivity index (χ2n) is 4.48. The summed E-state index contributed by atoms with van der Waals surface area (Å²) < 4.78 is 9.91. The first-order valence-corrected chi connectivity index (χ1v) is 6.69. The summed E-state index contributed by atoms with van der Waals surface area (Å²) in [4.78, 5) is 23.9. The number of carbonyl (C=O) groups excluding carboxylic acids is 2. The van der Waals surface area contributed by atoms with Crippen LogP contribution in [-0.4, -0.2) is 42.8 Å². The van der Waals surface area contributed by atoms with Gasteiger partial charge >= 0.3 is 0 Å². The van der Waals surface area contributed by atoms with Crippen LogP contribution in [0.2, 0.25) is 0 Å². The zero-order valence-corrected chi connectivity index (χ0v) is 12.7. The number of carbonyl (C=O) groups is 2. The summed E-state index contributed by atoms with van der Waals surface area (Å²) in [5.74, 6) is -0.174. The highest BCUT2D eigenvalue weighted by Crippen LogP contribution is 2.27. The van der Waals surface area contributed by atoms with Crippen molar-refractivity contribution < 1.29 is 19.1 Å². The smallest absolute Gasteiger partial charge is 0.257 e. The molecule has 8 heteroatoms. The van der Waals surface area contributed by atoms with Crippen LogP contribution in [0.5, 0.6) is 5.75 Å². The molecule has 120 valence electrons. The molecule has 0 aliphatic rings. The molecule has 2 amide bonds. The molecule has 0 fully saturated rings. The number of benzene rings is 1. The molecule has 23 heavy (non-hydrogen) atoms. The SMILES string of the molecule is COCC(=O)Nc1ccc(OC)cc1NC(=O)c1ccnnc1. The zero-order chi connectivity index (χ0) is 16.7. The Kier molecular flexibility index (Phi) is 5.59. The minimum absolute atomic E-state index is 0.0896. The van der Waals surface area contributed by atoms with Crippen molar-refractivity contribution >= 4 is 23.2 Å². The maximum atomic E-state index is 12.2. The first-order valence-electron chi connectivity index (χ1n) is 6.69. The van der Waals surface area contributed by atoms with E-state index in [1.807, 2.05) is 0 Å². The molecule has 0 saturated heterocycles.